The summed E-state index contributed by atoms with van der Waals surface area (Å²) >= 11 is 0. The van der Waals surface area contributed by atoms with E-state index < -0.39 is 30.2 Å². The van der Waals surface area contributed by atoms with Gasteiger partial charge >= 0.3 is 5.97 Å². The quantitative estimate of drug-likeness (QED) is 0.128. The third kappa shape index (κ3) is 6.74. The number of aliphatic hydroxyl groups excluding tert-OH is 1. The second-order valence-corrected chi connectivity index (χ2v) is 14.9. The van der Waals surface area contributed by atoms with Crippen LogP contribution >= 0.6 is 0 Å². The normalized spacial score (nSPS) is 23.0. The van der Waals surface area contributed by atoms with Crippen LogP contribution in [0.5, 0.6) is 17.2 Å². The smallest absolute Gasteiger partial charge is 0.375 e. The predicted octanol–water partition coefficient (Wildman–Crippen LogP) is 5.17. The first-order valence-electron chi connectivity index (χ1n) is 19.0. The number of Topliss-reactive ketones (excluding diaryl/α,β-unsaturated/α-hetero) is 1. The molecule has 12 nitrogen and oxygen atoms in total. The van der Waals surface area contributed by atoms with Crippen LogP contribution in [-0.4, -0.2) is 96.9 Å². The topological polar surface area (TPSA) is 157 Å². The van der Waals surface area contributed by atoms with Crippen molar-refractivity contribution in [1.29, 1.82) is 0 Å². The van der Waals surface area contributed by atoms with Crippen molar-refractivity contribution in [1.82, 2.24) is 9.88 Å². The highest BCUT2D eigenvalue weighted by molar-refractivity contribution is 6.11. The minimum atomic E-state index is -1.22. The first-order chi connectivity index (χ1) is 26.1. The minimum absolute atomic E-state index is 0.00741. The van der Waals surface area contributed by atoms with E-state index in [1.165, 1.54) is 7.11 Å². The van der Waals surface area contributed by atoms with Gasteiger partial charge in [-0.15, -0.1) is 0 Å². The molecular weight excluding hydrogens is 692 g/mol. The molecular formula is C42H50N2O10. The molecule has 12 heteroatoms. The number of allylic oxidation sites excluding steroid dienone is 3. The summed E-state index contributed by atoms with van der Waals surface area (Å²) in [5.74, 6) is -0.760. The summed E-state index contributed by atoms with van der Waals surface area (Å²) in [6.07, 6.45) is 5.46. The largest absolute Gasteiger partial charge is 0.496 e. The Morgan fingerprint density at radius 1 is 1.13 bits per heavy atom. The van der Waals surface area contributed by atoms with Crippen LogP contribution in [0, 0.1) is 5.92 Å². The van der Waals surface area contributed by atoms with Crippen LogP contribution in [0.1, 0.15) is 80.5 Å². The van der Waals surface area contributed by atoms with E-state index in [2.05, 4.69) is 9.88 Å². The van der Waals surface area contributed by atoms with E-state index in [4.69, 9.17) is 23.7 Å². The number of H-pyrrole nitrogens is 1. The minimum Gasteiger partial charge on any atom is -0.496 e. The van der Waals surface area contributed by atoms with E-state index in [-0.39, 0.29) is 53.8 Å². The Hall–Kier alpha value is -4.49. The Balaban J connectivity index is 1.31. The standard InChI is InChI=1S/C42H50N2O10/c1-5-52-41(48)40-30(22-45)35(26-8-10-33(47)28(20-26)24-7-9-32-25(19-24)11-14-43-32)36-38(51-4)29-21-34(53-37(29)31(23-46)39(36)54-40)42(2,49)27-12-16-44(17-13-27)15-6-18-50-3/h7,9,11,14,19,22,27-28,34,43,46,49H,5-6,8,10,12-13,15-18,20-21,23H2,1-4H3. The Kier molecular flexibility index (Phi) is 11.0. The lowest BCUT2D eigenvalue weighted by atomic mass is 9.75. The van der Waals surface area contributed by atoms with Gasteiger partial charge in [-0.05, 0) is 94.1 Å². The number of benzene rings is 2. The molecule has 0 amide bonds. The van der Waals surface area contributed by atoms with Gasteiger partial charge in [0.15, 0.2) is 6.29 Å². The van der Waals surface area contributed by atoms with Gasteiger partial charge in [-0.3, -0.25) is 9.59 Å². The summed E-state index contributed by atoms with van der Waals surface area (Å²) in [6.45, 7) is 6.36. The van der Waals surface area contributed by atoms with Crippen LogP contribution in [0.15, 0.2) is 47.4 Å². The summed E-state index contributed by atoms with van der Waals surface area (Å²) in [5.41, 5.74) is 3.12. The molecule has 2 fully saturated rings. The summed E-state index contributed by atoms with van der Waals surface area (Å²) in [4.78, 5) is 45.7. The first-order valence-corrected chi connectivity index (χ1v) is 19.0. The molecule has 288 valence electrons. The molecule has 3 aliphatic heterocycles. The van der Waals surface area contributed by atoms with Crippen molar-refractivity contribution < 1.29 is 48.3 Å². The molecule has 1 saturated carbocycles. The first kappa shape index (κ1) is 37.8. The molecule has 4 heterocycles. The third-order valence-corrected chi connectivity index (χ3v) is 11.8. The van der Waals surface area contributed by atoms with Crippen LogP contribution < -0.4 is 14.2 Å². The highest BCUT2D eigenvalue weighted by atomic mass is 16.6. The molecule has 0 spiro atoms. The fraction of sp³-hybridized carbons (Fsp3) is 0.500. The second-order valence-electron chi connectivity index (χ2n) is 14.9. The number of esters is 1. The maximum absolute atomic E-state index is 13.5. The number of hydrogen-bond donors (Lipinski definition) is 3. The number of aromatic nitrogens is 1. The van der Waals surface area contributed by atoms with Crippen molar-refractivity contribution in [3.05, 3.63) is 69.6 Å². The number of carbonyl (C=O) groups is 3. The zero-order chi connectivity index (χ0) is 38.1. The second kappa shape index (κ2) is 15.7. The van der Waals surface area contributed by atoms with Crippen molar-refractivity contribution in [3.8, 4) is 17.2 Å². The lowest BCUT2D eigenvalue weighted by Gasteiger charge is -2.42. The Morgan fingerprint density at radius 3 is 2.63 bits per heavy atom. The molecule has 7 rings (SSSR count). The van der Waals surface area contributed by atoms with E-state index in [9.17, 15) is 24.6 Å². The number of methoxy groups -OCH3 is 2. The molecule has 3 unspecified atom stereocenters. The molecule has 1 aliphatic carbocycles. The zero-order valence-electron chi connectivity index (χ0n) is 31.5. The van der Waals surface area contributed by atoms with E-state index in [1.807, 2.05) is 37.4 Å². The van der Waals surface area contributed by atoms with E-state index in [1.54, 1.807) is 14.0 Å². The van der Waals surface area contributed by atoms with Gasteiger partial charge in [0.2, 0.25) is 5.76 Å². The molecule has 54 heavy (non-hydrogen) atoms. The number of hydrogen-bond acceptors (Lipinski definition) is 11. The third-order valence-electron chi connectivity index (χ3n) is 11.8. The highest BCUT2D eigenvalue weighted by Crippen LogP contribution is 2.57. The van der Waals surface area contributed by atoms with Gasteiger partial charge in [0, 0.05) is 61.9 Å². The fourth-order valence-electron chi connectivity index (χ4n) is 8.92. The van der Waals surface area contributed by atoms with Crippen molar-refractivity contribution in [3.63, 3.8) is 0 Å². The van der Waals surface area contributed by atoms with Crippen LogP contribution in [-0.2, 0) is 36.9 Å². The molecule has 3 atom stereocenters. The number of aliphatic hydroxyl groups is 2. The van der Waals surface area contributed by atoms with E-state index in [0.717, 1.165) is 60.9 Å². The molecule has 3 aromatic rings. The Bertz CT molecular complexity index is 2000. The molecule has 0 bridgehead atoms. The van der Waals surface area contributed by atoms with Crippen LogP contribution in [0.3, 0.4) is 0 Å². The number of ketones is 1. The molecule has 0 radical (unpaired) electrons. The summed E-state index contributed by atoms with van der Waals surface area (Å²) in [7, 11) is 3.23. The number of rotatable bonds is 12. The average Bonchev–Trinajstić information content (AvgIpc) is 3.85. The van der Waals surface area contributed by atoms with Crippen molar-refractivity contribution in [2.24, 2.45) is 5.92 Å². The SMILES string of the molecule is CCOC(=O)C1=C(C=O)C(=C2CCC(=O)C(c3ccc4[nH]ccc4c3)C2)c2c(OC)c3c(c(CO)c2O1)OC(C(C)(O)C1CCN(CCCOC)CC1)C3. The van der Waals surface area contributed by atoms with Gasteiger partial charge in [-0.25, -0.2) is 4.79 Å². The maximum Gasteiger partial charge on any atom is 0.375 e. The number of fused-ring (bicyclic) bond motifs is 3. The van der Waals surface area contributed by atoms with Gasteiger partial charge in [0.1, 0.15) is 34.7 Å². The predicted molar refractivity (Wildman–Crippen MR) is 200 cm³/mol. The van der Waals surface area contributed by atoms with Gasteiger partial charge in [-0.2, -0.15) is 0 Å². The Morgan fingerprint density at radius 2 is 1.93 bits per heavy atom. The number of nitrogens with zero attached hydrogens (tertiary/aromatic N) is 1. The number of likely N-dealkylation sites (tertiary alicyclic amines) is 1. The Labute approximate surface area is 315 Å². The maximum atomic E-state index is 13.5. The molecule has 3 N–H and O–H groups in total. The van der Waals surface area contributed by atoms with Crippen molar-refractivity contribution in [2.45, 2.75) is 83.0 Å². The average molecular weight is 743 g/mol. The number of ether oxygens (including phenoxy) is 5. The molecule has 1 aromatic heterocycles. The van der Waals surface area contributed by atoms with E-state index >= 15 is 0 Å². The van der Waals surface area contributed by atoms with Crippen molar-refractivity contribution in [2.75, 3.05) is 47.1 Å². The number of carbonyl (C=O) groups excluding carboxylic acids is 3. The highest BCUT2D eigenvalue weighted by Gasteiger charge is 2.49. The van der Waals surface area contributed by atoms with Crippen molar-refractivity contribution >= 4 is 34.5 Å². The summed E-state index contributed by atoms with van der Waals surface area (Å²) in [6, 6.07) is 7.86. The lowest BCUT2D eigenvalue weighted by Crippen LogP contribution is -2.52. The van der Waals surface area contributed by atoms with Gasteiger partial charge in [-0.1, -0.05) is 11.6 Å². The zero-order valence-corrected chi connectivity index (χ0v) is 31.5. The fourth-order valence-corrected chi connectivity index (χ4v) is 8.92. The lowest BCUT2D eigenvalue weighted by molar-refractivity contribution is -0.141. The van der Waals surface area contributed by atoms with Gasteiger partial charge < -0.3 is 43.8 Å². The summed E-state index contributed by atoms with van der Waals surface area (Å²) < 4.78 is 29.6. The monoisotopic (exact) mass is 742 g/mol. The number of aromatic amines is 1. The number of aldehydes is 1. The van der Waals surface area contributed by atoms with Crippen LogP contribution in [0.25, 0.3) is 16.5 Å². The van der Waals surface area contributed by atoms with Gasteiger partial charge in [0.05, 0.1) is 37.0 Å². The molecule has 4 aliphatic rings. The number of piperidine rings is 1. The molecule has 2 aromatic carbocycles. The number of nitrogens with one attached hydrogen (secondary N) is 1. The summed E-state index contributed by atoms with van der Waals surface area (Å²) in [5, 5.41) is 24.1. The van der Waals surface area contributed by atoms with Crippen LogP contribution in [0.2, 0.25) is 0 Å². The van der Waals surface area contributed by atoms with Gasteiger partial charge in [0.25, 0.3) is 0 Å². The van der Waals surface area contributed by atoms with Crippen LogP contribution in [0.4, 0.5) is 0 Å². The van der Waals surface area contributed by atoms with E-state index in [0.29, 0.717) is 53.9 Å². The molecule has 1 saturated heterocycles.